The molecule has 8 heteroatoms. The molecule has 4 aliphatic carbocycles. The second-order valence-corrected chi connectivity index (χ2v) is 8.97. The summed E-state index contributed by atoms with van der Waals surface area (Å²) in [6.45, 7) is 0. The van der Waals surface area contributed by atoms with Crippen molar-refractivity contribution in [3.63, 3.8) is 0 Å². The van der Waals surface area contributed by atoms with Gasteiger partial charge in [-0.1, -0.05) is 18.2 Å². The number of carbonyl (C=O) groups is 3. The third-order valence-electron chi connectivity index (χ3n) is 7.37. The first-order valence-corrected chi connectivity index (χ1v) is 10.7. The van der Waals surface area contributed by atoms with Crippen LogP contribution < -0.4 is 10.2 Å². The lowest BCUT2D eigenvalue weighted by Crippen LogP contribution is -2.40. The third-order valence-corrected chi connectivity index (χ3v) is 7.37. The number of hydrogen-bond acceptors (Lipinski definition) is 5. The van der Waals surface area contributed by atoms with Gasteiger partial charge in [-0.3, -0.25) is 24.5 Å². The van der Waals surface area contributed by atoms with Gasteiger partial charge in [0, 0.05) is 23.4 Å². The summed E-state index contributed by atoms with van der Waals surface area (Å²) < 4.78 is 0. The molecule has 1 N–H and O–H groups in total. The highest BCUT2D eigenvalue weighted by Crippen LogP contribution is 2.65. The number of nitrogens with one attached hydrogen (secondary N) is 1. The fraction of sp³-hybridized carbons (Fsp3) is 0.292. The Balaban J connectivity index is 1.25. The molecule has 3 fully saturated rings. The molecule has 32 heavy (non-hydrogen) atoms. The second-order valence-electron chi connectivity index (χ2n) is 8.97. The van der Waals surface area contributed by atoms with E-state index in [1.807, 2.05) is 0 Å². The van der Waals surface area contributed by atoms with Gasteiger partial charge in [-0.05, 0) is 60.4 Å². The number of rotatable bonds is 4. The fourth-order valence-corrected chi connectivity index (χ4v) is 5.87. The van der Waals surface area contributed by atoms with Crippen molar-refractivity contribution in [3.05, 3.63) is 76.4 Å². The van der Waals surface area contributed by atoms with E-state index >= 15 is 0 Å². The van der Waals surface area contributed by atoms with Crippen LogP contribution in [0.1, 0.15) is 16.8 Å². The first kappa shape index (κ1) is 18.9. The van der Waals surface area contributed by atoms with Crippen LogP contribution in [0.2, 0.25) is 0 Å². The van der Waals surface area contributed by atoms with Crippen molar-refractivity contribution in [2.24, 2.45) is 35.5 Å². The molecule has 160 valence electrons. The number of benzene rings is 2. The minimum atomic E-state index is -0.512. The average molecular weight is 429 g/mol. The summed E-state index contributed by atoms with van der Waals surface area (Å²) in [5.74, 6) is -0.00760. The Hall–Kier alpha value is -3.81. The maximum absolute atomic E-state index is 13.3. The van der Waals surface area contributed by atoms with E-state index in [0.29, 0.717) is 28.8 Å². The van der Waals surface area contributed by atoms with Crippen molar-refractivity contribution in [3.8, 4) is 0 Å². The highest BCUT2D eigenvalue weighted by atomic mass is 16.6. The molecule has 5 aliphatic rings. The van der Waals surface area contributed by atoms with E-state index in [-0.39, 0.29) is 41.2 Å². The summed E-state index contributed by atoms with van der Waals surface area (Å²) in [5.41, 5.74) is 1.03. The second kappa shape index (κ2) is 6.59. The number of carbonyl (C=O) groups excluding carboxylic acids is 3. The molecule has 0 radical (unpaired) electrons. The van der Waals surface area contributed by atoms with Crippen molar-refractivity contribution >= 4 is 34.8 Å². The number of nitro benzene ring substituents is 1. The summed E-state index contributed by atoms with van der Waals surface area (Å²) in [6.07, 6.45) is 5.36. The quantitative estimate of drug-likeness (QED) is 0.347. The molecule has 1 heterocycles. The summed E-state index contributed by atoms with van der Waals surface area (Å²) in [6, 6.07) is 12.0. The standard InChI is InChI=1S/C24H19N3O5/c28-22(25-13-4-6-14(7-5-13)27(31)32)12-2-1-3-15(10-12)26-23(29)20-16-8-9-17(19-11-18(16)19)21(20)24(26)30/h1-10,16-21H,11H2,(H,25,28)/t16-,17-,18-,19-,20-,21+/m0/s1. The van der Waals surface area contributed by atoms with E-state index in [0.717, 1.165) is 6.42 Å². The predicted molar refractivity (Wildman–Crippen MR) is 115 cm³/mol. The van der Waals surface area contributed by atoms with Gasteiger partial charge in [-0.2, -0.15) is 0 Å². The number of hydrogen-bond donors (Lipinski definition) is 1. The third kappa shape index (κ3) is 2.65. The lowest BCUT2D eigenvalue weighted by molar-refractivity contribution is -0.384. The zero-order valence-electron chi connectivity index (χ0n) is 16.9. The van der Waals surface area contributed by atoms with Crippen molar-refractivity contribution in [1.29, 1.82) is 0 Å². The van der Waals surface area contributed by atoms with Crippen molar-refractivity contribution in [2.45, 2.75) is 6.42 Å². The molecule has 3 amide bonds. The van der Waals surface area contributed by atoms with Gasteiger partial charge in [0.15, 0.2) is 0 Å². The van der Waals surface area contributed by atoms with E-state index in [1.54, 1.807) is 24.3 Å². The Morgan fingerprint density at radius 1 is 0.969 bits per heavy atom. The summed E-state index contributed by atoms with van der Waals surface area (Å²) in [7, 11) is 0. The number of non-ortho nitro benzene ring substituents is 1. The minimum absolute atomic E-state index is 0.0707. The molecule has 0 spiro atoms. The van der Waals surface area contributed by atoms with E-state index in [4.69, 9.17) is 0 Å². The minimum Gasteiger partial charge on any atom is -0.322 e. The van der Waals surface area contributed by atoms with E-state index in [9.17, 15) is 24.5 Å². The van der Waals surface area contributed by atoms with Crippen LogP contribution in [0.5, 0.6) is 0 Å². The average Bonchev–Trinajstić information content (AvgIpc) is 3.57. The molecular weight excluding hydrogens is 410 g/mol. The highest BCUT2D eigenvalue weighted by Gasteiger charge is 2.67. The molecule has 8 nitrogen and oxygen atoms in total. The zero-order chi connectivity index (χ0) is 22.1. The van der Waals surface area contributed by atoms with Crippen LogP contribution in [0.25, 0.3) is 0 Å². The molecule has 7 rings (SSSR count). The van der Waals surface area contributed by atoms with Gasteiger partial charge in [0.25, 0.3) is 11.6 Å². The van der Waals surface area contributed by atoms with Crippen LogP contribution in [-0.2, 0) is 9.59 Å². The number of imide groups is 1. The SMILES string of the molecule is O=C(Nc1ccc([N+](=O)[O-])cc1)c1cccc(N2C(=O)[C@@H]3[C@H]4C=C[C@@H]([C@@H]5C[C@@H]45)[C@@H]3C2=O)c1. The summed E-state index contributed by atoms with van der Waals surface area (Å²) in [4.78, 5) is 50.8. The molecule has 6 atom stereocenters. The van der Waals surface area contributed by atoms with Gasteiger partial charge in [0.2, 0.25) is 11.8 Å². The molecule has 1 aliphatic heterocycles. The zero-order valence-corrected chi connectivity index (χ0v) is 16.9. The molecule has 2 aromatic rings. The Morgan fingerprint density at radius 2 is 1.59 bits per heavy atom. The fourth-order valence-electron chi connectivity index (χ4n) is 5.87. The van der Waals surface area contributed by atoms with Crippen molar-refractivity contribution in [2.75, 3.05) is 10.2 Å². The van der Waals surface area contributed by atoms with E-state index in [2.05, 4.69) is 17.5 Å². The lowest BCUT2D eigenvalue weighted by atomic mass is 9.63. The maximum atomic E-state index is 13.3. The van der Waals surface area contributed by atoms with Crippen LogP contribution in [0.4, 0.5) is 17.1 Å². The Morgan fingerprint density at radius 3 is 2.19 bits per heavy atom. The number of anilines is 2. The Kier molecular flexibility index (Phi) is 3.90. The largest absolute Gasteiger partial charge is 0.322 e. The number of nitro groups is 1. The van der Waals surface area contributed by atoms with Crippen molar-refractivity contribution in [1.82, 2.24) is 0 Å². The van der Waals surface area contributed by atoms with Gasteiger partial charge in [0.1, 0.15) is 0 Å². The molecule has 2 aromatic carbocycles. The first-order chi connectivity index (χ1) is 15.4. The number of allylic oxidation sites excluding steroid dienone is 2. The van der Waals surface area contributed by atoms with Crippen LogP contribution >= 0.6 is 0 Å². The van der Waals surface area contributed by atoms with Crippen LogP contribution in [0.15, 0.2) is 60.7 Å². The molecule has 2 saturated carbocycles. The van der Waals surface area contributed by atoms with Gasteiger partial charge in [0.05, 0.1) is 22.4 Å². The first-order valence-electron chi connectivity index (χ1n) is 10.7. The summed E-state index contributed by atoms with van der Waals surface area (Å²) in [5, 5.41) is 13.5. The van der Waals surface area contributed by atoms with Gasteiger partial charge >= 0.3 is 0 Å². The molecular formula is C24H19N3O5. The normalized spacial score (nSPS) is 31.3. The van der Waals surface area contributed by atoms with E-state index < -0.39 is 10.8 Å². The van der Waals surface area contributed by atoms with Gasteiger partial charge < -0.3 is 5.32 Å². The predicted octanol–water partition coefficient (Wildman–Crippen LogP) is 3.40. The number of nitrogens with zero attached hydrogens (tertiary/aromatic N) is 2. The smallest absolute Gasteiger partial charge is 0.269 e. The molecule has 2 bridgehead atoms. The topological polar surface area (TPSA) is 110 Å². The molecule has 1 saturated heterocycles. The monoisotopic (exact) mass is 429 g/mol. The van der Waals surface area contributed by atoms with E-state index in [1.165, 1.54) is 29.2 Å². The number of amides is 3. The van der Waals surface area contributed by atoms with Crippen LogP contribution in [0.3, 0.4) is 0 Å². The van der Waals surface area contributed by atoms with Gasteiger partial charge in [-0.25, -0.2) is 4.90 Å². The van der Waals surface area contributed by atoms with Crippen molar-refractivity contribution < 1.29 is 19.3 Å². The molecule has 0 unspecified atom stereocenters. The Bertz CT molecular complexity index is 1180. The Labute approximate surface area is 183 Å². The maximum Gasteiger partial charge on any atom is 0.269 e. The van der Waals surface area contributed by atoms with Crippen LogP contribution in [0, 0.1) is 45.6 Å². The highest BCUT2D eigenvalue weighted by molar-refractivity contribution is 6.23. The summed E-state index contributed by atoms with van der Waals surface area (Å²) >= 11 is 0. The van der Waals surface area contributed by atoms with Gasteiger partial charge in [-0.15, -0.1) is 0 Å². The lowest BCUT2D eigenvalue weighted by Gasteiger charge is -2.37. The molecule has 0 aromatic heterocycles. The van der Waals surface area contributed by atoms with Crippen LogP contribution in [-0.4, -0.2) is 22.6 Å².